The summed E-state index contributed by atoms with van der Waals surface area (Å²) in [4.78, 5) is 4.33. The van der Waals surface area contributed by atoms with Gasteiger partial charge in [0.1, 0.15) is 0 Å². The van der Waals surface area contributed by atoms with E-state index in [1.54, 1.807) is 0 Å². The van der Waals surface area contributed by atoms with Gasteiger partial charge in [-0.15, -0.1) is 0 Å². The van der Waals surface area contributed by atoms with Gasteiger partial charge < -0.3 is 14.6 Å². The van der Waals surface area contributed by atoms with Crippen molar-refractivity contribution in [2.24, 2.45) is 0 Å². The van der Waals surface area contributed by atoms with Crippen molar-refractivity contribution in [1.82, 2.24) is 14.9 Å². The van der Waals surface area contributed by atoms with Crippen molar-refractivity contribution in [3.05, 3.63) is 18.2 Å². The van der Waals surface area contributed by atoms with Crippen LogP contribution < -0.4 is 5.32 Å². The maximum absolute atomic E-state index is 5.28. The molecule has 0 spiro atoms. The molecule has 4 heteroatoms. The van der Waals surface area contributed by atoms with Gasteiger partial charge in [0.2, 0.25) is 0 Å². The molecule has 0 amide bonds. The number of nitrogens with one attached hydrogen (secondary N) is 1. The van der Waals surface area contributed by atoms with Gasteiger partial charge in [0, 0.05) is 32.3 Å². The molecule has 0 atom stereocenters. The molecule has 1 rings (SSSR count). The molecule has 0 radical (unpaired) electrons. The number of rotatable bonds is 8. The Labute approximate surface area is 91.7 Å². The zero-order chi connectivity index (χ0) is 10.9. The van der Waals surface area contributed by atoms with Crippen LogP contribution in [0.3, 0.4) is 0 Å². The molecule has 1 aromatic rings. The summed E-state index contributed by atoms with van der Waals surface area (Å²) in [5.41, 5.74) is 1.15. The van der Waals surface area contributed by atoms with Gasteiger partial charge in [-0.05, 0) is 13.5 Å². The van der Waals surface area contributed by atoms with Gasteiger partial charge in [-0.2, -0.15) is 0 Å². The van der Waals surface area contributed by atoms with E-state index in [-0.39, 0.29) is 0 Å². The highest BCUT2D eigenvalue weighted by molar-refractivity contribution is 4.97. The topological polar surface area (TPSA) is 39.1 Å². The molecule has 0 saturated heterocycles. The second-order valence-electron chi connectivity index (χ2n) is 3.40. The molecule has 0 bridgehead atoms. The number of imidazole rings is 1. The van der Waals surface area contributed by atoms with Crippen LogP contribution in [0.15, 0.2) is 12.5 Å². The van der Waals surface area contributed by atoms with E-state index in [2.05, 4.69) is 28.0 Å². The minimum absolute atomic E-state index is 0.763. The maximum Gasteiger partial charge on any atom is 0.0950 e. The van der Waals surface area contributed by atoms with Crippen molar-refractivity contribution in [3.8, 4) is 0 Å². The minimum atomic E-state index is 0.763. The summed E-state index contributed by atoms with van der Waals surface area (Å²) in [5, 5.41) is 3.28. The average molecular weight is 211 g/mol. The Bertz CT molecular complexity index is 236. The van der Waals surface area contributed by atoms with Gasteiger partial charge in [0.05, 0.1) is 18.6 Å². The molecule has 0 unspecified atom stereocenters. The number of ether oxygens (including phenoxy) is 1. The second kappa shape index (κ2) is 7.43. The van der Waals surface area contributed by atoms with E-state index in [1.807, 2.05) is 13.3 Å². The highest BCUT2D eigenvalue weighted by Gasteiger charge is 1.97. The van der Waals surface area contributed by atoms with Crippen LogP contribution in [0.1, 0.15) is 19.5 Å². The zero-order valence-corrected chi connectivity index (χ0v) is 9.70. The molecule has 0 aliphatic carbocycles. The van der Waals surface area contributed by atoms with E-state index in [4.69, 9.17) is 4.74 Å². The van der Waals surface area contributed by atoms with Crippen LogP contribution in [-0.4, -0.2) is 35.9 Å². The largest absolute Gasteiger partial charge is 0.380 e. The Morgan fingerprint density at radius 1 is 1.47 bits per heavy atom. The fourth-order valence-electron chi connectivity index (χ4n) is 1.37. The summed E-state index contributed by atoms with van der Waals surface area (Å²) >= 11 is 0. The maximum atomic E-state index is 5.28. The van der Waals surface area contributed by atoms with Crippen molar-refractivity contribution in [2.45, 2.75) is 26.8 Å². The average Bonchev–Trinajstić information content (AvgIpc) is 2.67. The van der Waals surface area contributed by atoms with Gasteiger partial charge >= 0.3 is 0 Å². The first-order valence-corrected chi connectivity index (χ1v) is 5.66. The number of nitrogens with zero attached hydrogens (tertiary/aromatic N) is 2. The highest BCUT2D eigenvalue weighted by atomic mass is 16.5. The number of aromatic nitrogens is 2. The van der Waals surface area contributed by atoms with Gasteiger partial charge in [0.15, 0.2) is 0 Å². The summed E-state index contributed by atoms with van der Waals surface area (Å²) < 4.78 is 7.36. The van der Waals surface area contributed by atoms with Crippen molar-refractivity contribution in [2.75, 3.05) is 26.3 Å². The van der Waals surface area contributed by atoms with Crippen LogP contribution in [0.25, 0.3) is 0 Å². The molecule has 0 aliphatic rings. The van der Waals surface area contributed by atoms with Gasteiger partial charge in [0.25, 0.3) is 0 Å². The van der Waals surface area contributed by atoms with Crippen molar-refractivity contribution in [1.29, 1.82) is 0 Å². The van der Waals surface area contributed by atoms with E-state index < -0.39 is 0 Å². The van der Waals surface area contributed by atoms with Crippen LogP contribution in [0.4, 0.5) is 0 Å². The molecule has 1 heterocycles. The Balaban J connectivity index is 2.23. The molecule has 1 aromatic heterocycles. The Morgan fingerprint density at radius 2 is 2.33 bits per heavy atom. The summed E-state index contributed by atoms with van der Waals surface area (Å²) in [7, 11) is 0. The van der Waals surface area contributed by atoms with Crippen molar-refractivity contribution >= 4 is 0 Å². The number of hydrogen-bond acceptors (Lipinski definition) is 3. The smallest absolute Gasteiger partial charge is 0.0950 e. The fraction of sp³-hybridized carbons (Fsp3) is 0.727. The predicted molar refractivity (Wildman–Crippen MR) is 61.0 cm³/mol. The van der Waals surface area contributed by atoms with Crippen LogP contribution in [0.5, 0.6) is 0 Å². The van der Waals surface area contributed by atoms with Gasteiger partial charge in [-0.25, -0.2) is 4.98 Å². The summed E-state index contributed by atoms with van der Waals surface area (Å²) in [6, 6.07) is 0. The lowest BCUT2D eigenvalue weighted by molar-refractivity contribution is 0.139. The molecule has 0 saturated carbocycles. The molecular weight excluding hydrogens is 190 g/mol. The molecule has 0 aliphatic heterocycles. The lowest BCUT2D eigenvalue weighted by Crippen LogP contribution is -2.16. The SMILES string of the molecule is CCNCCc1cn(CCOCC)cn1. The number of hydrogen-bond donors (Lipinski definition) is 1. The molecule has 15 heavy (non-hydrogen) atoms. The molecular formula is C11H21N3O. The van der Waals surface area contributed by atoms with E-state index in [1.165, 1.54) is 0 Å². The van der Waals surface area contributed by atoms with E-state index in [0.717, 1.165) is 45.0 Å². The van der Waals surface area contributed by atoms with Crippen molar-refractivity contribution < 1.29 is 4.74 Å². The molecule has 1 N–H and O–H groups in total. The molecule has 4 nitrogen and oxygen atoms in total. The Morgan fingerprint density at radius 3 is 3.07 bits per heavy atom. The Kier molecular flexibility index (Phi) is 6.04. The molecule has 86 valence electrons. The monoisotopic (exact) mass is 211 g/mol. The van der Waals surface area contributed by atoms with E-state index >= 15 is 0 Å². The van der Waals surface area contributed by atoms with E-state index in [0.29, 0.717) is 0 Å². The van der Waals surface area contributed by atoms with E-state index in [9.17, 15) is 0 Å². The second-order valence-corrected chi connectivity index (χ2v) is 3.40. The summed E-state index contributed by atoms with van der Waals surface area (Å²) in [5.74, 6) is 0. The third kappa shape index (κ3) is 4.95. The van der Waals surface area contributed by atoms with Crippen LogP contribution >= 0.6 is 0 Å². The van der Waals surface area contributed by atoms with Crippen LogP contribution in [-0.2, 0) is 17.7 Å². The van der Waals surface area contributed by atoms with Crippen molar-refractivity contribution in [3.63, 3.8) is 0 Å². The first-order chi connectivity index (χ1) is 7.36. The third-order valence-corrected chi connectivity index (χ3v) is 2.19. The normalized spacial score (nSPS) is 10.8. The van der Waals surface area contributed by atoms with Gasteiger partial charge in [-0.3, -0.25) is 0 Å². The summed E-state index contributed by atoms with van der Waals surface area (Å²) in [6.07, 6.45) is 4.96. The minimum Gasteiger partial charge on any atom is -0.380 e. The quantitative estimate of drug-likeness (QED) is 0.654. The highest BCUT2D eigenvalue weighted by Crippen LogP contribution is 1.97. The van der Waals surface area contributed by atoms with Crippen LogP contribution in [0, 0.1) is 0 Å². The first-order valence-electron chi connectivity index (χ1n) is 5.66. The lowest BCUT2D eigenvalue weighted by atomic mass is 10.3. The fourth-order valence-corrected chi connectivity index (χ4v) is 1.37. The lowest BCUT2D eigenvalue weighted by Gasteiger charge is -2.01. The molecule has 0 aromatic carbocycles. The first kappa shape index (κ1) is 12.2. The van der Waals surface area contributed by atoms with Gasteiger partial charge in [-0.1, -0.05) is 6.92 Å². The molecule has 0 fully saturated rings. The van der Waals surface area contributed by atoms with Crippen LogP contribution in [0.2, 0.25) is 0 Å². The standard InChI is InChI=1S/C11H21N3O/c1-3-12-6-5-11-9-14(10-13-11)7-8-15-4-2/h9-10,12H,3-8H2,1-2H3. The third-order valence-electron chi connectivity index (χ3n) is 2.19. The Hall–Kier alpha value is -0.870. The predicted octanol–water partition coefficient (Wildman–Crippen LogP) is 1.07. The zero-order valence-electron chi connectivity index (χ0n) is 9.70. The number of likely N-dealkylation sites (N-methyl/N-ethyl adjacent to an activating group) is 1. The summed E-state index contributed by atoms with van der Waals surface area (Å²) in [6.45, 7) is 8.57.